The van der Waals surface area contributed by atoms with Crippen LogP contribution in [0.1, 0.15) is 28.1 Å². The number of halogens is 1. The molecule has 0 aliphatic rings. The van der Waals surface area contributed by atoms with Crippen LogP contribution in [-0.4, -0.2) is 37.5 Å². The summed E-state index contributed by atoms with van der Waals surface area (Å²) in [6.45, 7) is 2.50. The van der Waals surface area contributed by atoms with Crippen molar-refractivity contribution >= 4 is 39.1 Å². The number of amides is 1. The van der Waals surface area contributed by atoms with E-state index in [0.29, 0.717) is 24.9 Å². The lowest BCUT2D eigenvalue weighted by Gasteiger charge is -2.16. The molecule has 0 unspecified atom stereocenters. The topological polar surface area (TPSA) is 46.6 Å². The van der Waals surface area contributed by atoms with Crippen LogP contribution in [0.3, 0.4) is 0 Å². The second kappa shape index (κ2) is 6.89. The Morgan fingerprint density at radius 2 is 2.17 bits per heavy atom. The van der Waals surface area contributed by atoms with Gasteiger partial charge in [0.2, 0.25) is 0 Å². The van der Waals surface area contributed by atoms with E-state index in [-0.39, 0.29) is 11.9 Å². The van der Waals surface area contributed by atoms with Crippen molar-refractivity contribution in [1.82, 2.24) is 4.90 Å². The van der Waals surface area contributed by atoms with Gasteiger partial charge in [0, 0.05) is 24.9 Å². The molecule has 0 aliphatic heterocycles. The number of rotatable bonds is 5. The summed E-state index contributed by atoms with van der Waals surface area (Å²) in [6, 6.07) is 1.87. The quantitative estimate of drug-likeness (QED) is 0.778. The van der Waals surface area contributed by atoms with E-state index in [1.807, 2.05) is 13.0 Å². The molecule has 0 saturated carbocycles. The Morgan fingerprint density at radius 3 is 2.67 bits per heavy atom. The molecule has 6 heteroatoms. The van der Waals surface area contributed by atoms with E-state index in [1.54, 1.807) is 23.3 Å². The summed E-state index contributed by atoms with van der Waals surface area (Å²) in [5.41, 5.74) is 0.679. The van der Waals surface area contributed by atoms with Crippen LogP contribution in [0.5, 0.6) is 0 Å². The van der Waals surface area contributed by atoms with E-state index in [1.165, 1.54) is 7.11 Å². The predicted molar refractivity (Wildman–Crippen MR) is 75.0 cm³/mol. The molecule has 0 N–H and O–H groups in total. The Morgan fingerprint density at radius 1 is 1.50 bits per heavy atom. The van der Waals surface area contributed by atoms with Crippen LogP contribution < -0.4 is 0 Å². The molecule has 100 valence electrons. The van der Waals surface area contributed by atoms with Crippen LogP contribution in [-0.2, 0) is 9.53 Å². The number of nitrogens with zero attached hydrogens (tertiary/aromatic N) is 1. The Kier molecular flexibility index (Phi) is 5.81. The summed E-state index contributed by atoms with van der Waals surface area (Å²) >= 11 is 4.93. The molecule has 0 radical (unpaired) electrons. The first-order chi connectivity index (χ1) is 8.45. The molecule has 4 nitrogen and oxygen atoms in total. The number of carbonyl (C=O) groups is 2. The van der Waals surface area contributed by atoms with Crippen LogP contribution in [0.2, 0.25) is 0 Å². The summed E-state index contributed by atoms with van der Waals surface area (Å²) in [7, 11) is 3.10. The van der Waals surface area contributed by atoms with E-state index >= 15 is 0 Å². The van der Waals surface area contributed by atoms with Crippen LogP contribution >= 0.6 is 27.3 Å². The van der Waals surface area contributed by atoms with Gasteiger partial charge in [-0.15, -0.1) is 11.3 Å². The van der Waals surface area contributed by atoms with Gasteiger partial charge < -0.3 is 9.64 Å². The highest BCUT2D eigenvalue weighted by atomic mass is 79.9. The first-order valence-electron chi connectivity index (χ1n) is 5.54. The third kappa shape index (κ3) is 4.10. The molecular formula is C12H16BrNO3S. The molecule has 0 spiro atoms. The number of thiophene rings is 1. The Balaban J connectivity index is 2.51. The second-order valence-corrected chi connectivity index (χ2v) is 6.53. The minimum absolute atomic E-state index is 0.0314. The van der Waals surface area contributed by atoms with Crippen LogP contribution in [0.4, 0.5) is 0 Å². The van der Waals surface area contributed by atoms with Crippen molar-refractivity contribution in [3.8, 4) is 0 Å². The zero-order valence-corrected chi connectivity index (χ0v) is 13.1. The molecule has 0 bridgehead atoms. The molecule has 0 aromatic carbocycles. The average molecular weight is 334 g/mol. The fraction of sp³-hybridized carbons (Fsp3) is 0.500. The van der Waals surface area contributed by atoms with E-state index in [4.69, 9.17) is 0 Å². The minimum Gasteiger partial charge on any atom is -0.469 e. The summed E-state index contributed by atoms with van der Waals surface area (Å²) in [6.07, 6.45) is 0.938. The van der Waals surface area contributed by atoms with Gasteiger partial charge in [0.25, 0.3) is 5.91 Å². The summed E-state index contributed by atoms with van der Waals surface area (Å²) in [4.78, 5) is 25.8. The van der Waals surface area contributed by atoms with Crippen LogP contribution in [0.15, 0.2) is 9.85 Å². The normalized spacial score (nSPS) is 10.2. The number of carbonyl (C=O) groups excluding carboxylic acids is 2. The summed E-state index contributed by atoms with van der Waals surface area (Å²) in [5, 5.41) is 0. The molecule has 0 aliphatic carbocycles. The highest BCUT2D eigenvalue weighted by Gasteiger charge is 2.17. The number of methoxy groups -OCH3 is 1. The zero-order chi connectivity index (χ0) is 13.7. The van der Waals surface area contributed by atoms with Crippen molar-refractivity contribution in [3.05, 3.63) is 20.3 Å². The van der Waals surface area contributed by atoms with E-state index in [9.17, 15) is 9.59 Å². The van der Waals surface area contributed by atoms with E-state index < -0.39 is 0 Å². The number of ether oxygens (including phenoxy) is 1. The second-order valence-electron chi connectivity index (χ2n) is 3.95. The van der Waals surface area contributed by atoms with Gasteiger partial charge in [-0.2, -0.15) is 0 Å². The predicted octanol–water partition coefficient (Wildman–Crippen LogP) is 2.84. The molecule has 1 heterocycles. The van der Waals surface area contributed by atoms with Gasteiger partial charge >= 0.3 is 5.97 Å². The highest BCUT2D eigenvalue weighted by Crippen LogP contribution is 2.28. The summed E-state index contributed by atoms with van der Waals surface area (Å²) < 4.78 is 5.40. The fourth-order valence-electron chi connectivity index (χ4n) is 1.50. The van der Waals surface area contributed by atoms with Gasteiger partial charge in [0.1, 0.15) is 0 Å². The van der Waals surface area contributed by atoms with E-state index in [2.05, 4.69) is 20.7 Å². The number of hydrogen-bond donors (Lipinski definition) is 0. The van der Waals surface area contributed by atoms with Crippen LogP contribution in [0.25, 0.3) is 0 Å². The van der Waals surface area contributed by atoms with Crippen molar-refractivity contribution in [2.75, 3.05) is 20.7 Å². The van der Waals surface area contributed by atoms with E-state index in [0.717, 1.165) is 8.66 Å². The van der Waals surface area contributed by atoms with Crippen molar-refractivity contribution in [1.29, 1.82) is 0 Å². The first kappa shape index (κ1) is 15.2. The Hall–Kier alpha value is -0.880. The maximum absolute atomic E-state index is 12.1. The Bertz CT molecular complexity index is 445. The lowest BCUT2D eigenvalue weighted by atomic mass is 10.2. The molecular weight excluding hydrogens is 318 g/mol. The van der Waals surface area contributed by atoms with Crippen LogP contribution in [0, 0.1) is 6.92 Å². The smallest absolute Gasteiger partial charge is 0.305 e. The van der Waals surface area contributed by atoms with Crippen molar-refractivity contribution in [3.63, 3.8) is 0 Å². The number of aryl methyl sites for hydroxylation is 1. The highest BCUT2D eigenvalue weighted by molar-refractivity contribution is 9.11. The molecule has 18 heavy (non-hydrogen) atoms. The van der Waals surface area contributed by atoms with Crippen molar-refractivity contribution < 1.29 is 14.3 Å². The lowest BCUT2D eigenvalue weighted by Crippen LogP contribution is -2.28. The third-order valence-electron chi connectivity index (χ3n) is 2.49. The SMILES string of the molecule is COC(=O)CCCN(C)C(=O)c1cc(C)sc1Br. The Labute approximate surface area is 119 Å². The molecule has 0 fully saturated rings. The van der Waals surface area contributed by atoms with Gasteiger partial charge in [-0.05, 0) is 35.3 Å². The number of hydrogen-bond acceptors (Lipinski definition) is 4. The molecule has 1 aromatic rings. The average Bonchev–Trinajstić information content (AvgIpc) is 2.67. The lowest BCUT2D eigenvalue weighted by molar-refractivity contribution is -0.140. The van der Waals surface area contributed by atoms with Gasteiger partial charge in [-0.25, -0.2) is 0 Å². The maximum Gasteiger partial charge on any atom is 0.305 e. The molecule has 1 amide bonds. The van der Waals surface area contributed by atoms with Gasteiger partial charge in [0.05, 0.1) is 16.5 Å². The molecule has 0 saturated heterocycles. The molecule has 0 atom stereocenters. The van der Waals surface area contributed by atoms with Gasteiger partial charge in [-0.3, -0.25) is 9.59 Å². The monoisotopic (exact) mass is 333 g/mol. The van der Waals surface area contributed by atoms with Crippen molar-refractivity contribution in [2.45, 2.75) is 19.8 Å². The largest absolute Gasteiger partial charge is 0.469 e. The first-order valence-corrected chi connectivity index (χ1v) is 7.15. The fourth-order valence-corrected chi connectivity index (χ4v) is 3.27. The maximum atomic E-state index is 12.1. The molecule has 1 aromatic heterocycles. The van der Waals surface area contributed by atoms with Gasteiger partial charge in [-0.1, -0.05) is 0 Å². The van der Waals surface area contributed by atoms with Gasteiger partial charge in [0.15, 0.2) is 0 Å². The van der Waals surface area contributed by atoms with Crippen molar-refractivity contribution in [2.24, 2.45) is 0 Å². The third-order valence-corrected chi connectivity index (χ3v) is 4.24. The summed E-state index contributed by atoms with van der Waals surface area (Å²) in [5.74, 6) is -0.278. The molecule has 1 rings (SSSR count). The zero-order valence-electron chi connectivity index (χ0n) is 10.7. The minimum atomic E-state index is -0.247. The standard InChI is InChI=1S/C12H16BrNO3S/c1-8-7-9(11(13)18-8)12(16)14(2)6-4-5-10(15)17-3/h7H,4-6H2,1-3H3. The number of esters is 1.